The molecule has 2 atom stereocenters. The van der Waals surface area contributed by atoms with Crippen molar-refractivity contribution in [2.24, 2.45) is 0 Å². The predicted molar refractivity (Wildman–Crippen MR) is 62.9 cm³/mol. The summed E-state index contributed by atoms with van der Waals surface area (Å²) in [5, 5.41) is 18.4. The fourth-order valence-electron chi connectivity index (χ4n) is 1.40. The van der Waals surface area contributed by atoms with Crippen LogP contribution in [-0.2, 0) is 11.3 Å². The molecule has 0 heterocycles. The minimum Gasteiger partial charge on any atom is -0.394 e. The number of aliphatic hydroxyl groups excluding tert-OH is 2. The second kappa shape index (κ2) is 7.17. The van der Waals surface area contributed by atoms with E-state index in [1.54, 1.807) is 6.08 Å². The molecule has 0 aliphatic heterocycles. The van der Waals surface area contributed by atoms with E-state index in [9.17, 15) is 5.11 Å². The summed E-state index contributed by atoms with van der Waals surface area (Å²) in [6.07, 6.45) is 0.938. The lowest BCUT2D eigenvalue weighted by molar-refractivity contribution is -0.0629. The van der Waals surface area contributed by atoms with Gasteiger partial charge in [-0.25, -0.2) is 0 Å². The van der Waals surface area contributed by atoms with Gasteiger partial charge in [0.2, 0.25) is 0 Å². The summed E-state index contributed by atoms with van der Waals surface area (Å²) in [5.74, 6) is 0. The summed E-state index contributed by atoms with van der Waals surface area (Å²) in [6, 6.07) is 9.72. The molecule has 1 aromatic carbocycles. The molecule has 0 spiro atoms. The highest BCUT2D eigenvalue weighted by molar-refractivity contribution is 5.13. The molecule has 0 saturated carbocycles. The van der Waals surface area contributed by atoms with Crippen molar-refractivity contribution in [1.82, 2.24) is 0 Å². The van der Waals surface area contributed by atoms with Crippen LogP contribution in [0.1, 0.15) is 12.0 Å². The fourth-order valence-corrected chi connectivity index (χ4v) is 1.40. The Morgan fingerprint density at radius 1 is 1.31 bits per heavy atom. The Morgan fingerprint density at radius 2 is 2.00 bits per heavy atom. The molecule has 0 fully saturated rings. The monoisotopic (exact) mass is 222 g/mol. The predicted octanol–water partition coefficient (Wildman–Crippen LogP) is 1.50. The summed E-state index contributed by atoms with van der Waals surface area (Å²) < 4.78 is 5.54. The van der Waals surface area contributed by atoms with Crippen LogP contribution < -0.4 is 0 Å². The maximum atomic E-state index is 9.50. The maximum Gasteiger partial charge on any atom is 0.103 e. The third kappa shape index (κ3) is 4.14. The van der Waals surface area contributed by atoms with Gasteiger partial charge in [0.15, 0.2) is 0 Å². The van der Waals surface area contributed by atoms with Gasteiger partial charge in [0.05, 0.1) is 19.3 Å². The van der Waals surface area contributed by atoms with Crippen molar-refractivity contribution >= 4 is 0 Å². The SMILES string of the molecule is C=CC[C@H](OCc1ccccc1)[C@@H](O)CO. The zero-order chi connectivity index (χ0) is 11.8. The average molecular weight is 222 g/mol. The van der Waals surface area contributed by atoms with Gasteiger partial charge in [-0.2, -0.15) is 0 Å². The van der Waals surface area contributed by atoms with E-state index in [2.05, 4.69) is 6.58 Å². The topological polar surface area (TPSA) is 49.7 Å². The molecule has 0 amide bonds. The lowest BCUT2D eigenvalue weighted by Gasteiger charge is -2.20. The molecule has 0 unspecified atom stereocenters. The van der Waals surface area contributed by atoms with Gasteiger partial charge in [-0.3, -0.25) is 0 Å². The molecule has 0 aliphatic rings. The Kier molecular flexibility index (Phi) is 5.78. The largest absolute Gasteiger partial charge is 0.394 e. The van der Waals surface area contributed by atoms with Gasteiger partial charge in [-0.05, 0) is 12.0 Å². The Bertz CT molecular complexity index is 297. The second-order valence-corrected chi connectivity index (χ2v) is 3.61. The van der Waals surface area contributed by atoms with Crippen molar-refractivity contribution in [2.45, 2.75) is 25.2 Å². The fraction of sp³-hybridized carbons (Fsp3) is 0.385. The van der Waals surface area contributed by atoms with Crippen molar-refractivity contribution in [3.63, 3.8) is 0 Å². The van der Waals surface area contributed by atoms with Crippen LogP contribution in [0.15, 0.2) is 43.0 Å². The lowest BCUT2D eigenvalue weighted by Crippen LogP contribution is -2.31. The van der Waals surface area contributed by atoms with Crippen LogP contribution in [-0.4, -0.2) is 29.0 Å². The van der Waals surface area contributed by atoms with Crippen LogP contribution in [0.3, 0.4) is 0 Å². The van der Waals surface area contributed by atoms with Gasteiger partial charge in [0, 0.05) is 0 Å². The van der Waals surface area contributed by atoms with Crippen LogP contribution in [0.25, 0.3) is 0 Å². The third-order valence-corrected chi connectivity index (χ3v) is 2.32. The standard InChI is InChI=1S/C13H18O3/c1-2-6-13(12(15)9-14)16-10-11-7-4-3-5-8-11/h2-5,7-8,12-15H,1,6,9-10H2/t12-,13-/m0/s1. The summed E-state index contributed by atoms with van der Waals surface area (Å²) >= 11 is 0. The molecule has 0 radical (unpaired) electrons. The summed E-state index contributed by atoms with van der Waals surface area (Å²) in [7, 11) is 0. The first kappa shape index (κ1) is 12.9. The smallest absolute Gasteiger partial charge is 0.103 e. The molecule has 1 rings (SSSR count). The van der Waals surface area contributed by atoms with Gasteiger partial charge in [-0.15, -0.1) is 6.58 Å². The van der Waals surface area contributed by atoms with E-state index >= 15 is 0 Å². The Morgan fingerprint density at radius 3 is 2.56 bits per heavy atom. The van der Waals surface area contributed by atoms with E-state index < -0.39 is 12.2 Å². The molecule has 2 N–H and O–H groups in total. The van der Waals surface area contributed by atoms with Crippen molar-refractivity contribution in [3.8, 4) is 0 Å². The van der Waals surface area contributed by atoms with E-state index in [1.807, 2.05) is 30.3 Å². The molecule has 0 saturated heterocycles. The summed E-state index contributed by atoms with van der Waals surface area (Å²) in [5.41, 5.74) is 1.04. The highest BCUT2D eigenvalue weighted by Gasteiger charge is 2.17. The van der Waals surface area contributed by atoms with E-state index in [1.165, 1.54) is 0 Å². The molecule has 0 aliphatic carbocycles. The molecule has 0 bridgehead atoms. The number of aliphatic hydroxyl groups is 2. The Hall–Kier alpha value is -1.16. The van der Waals surface area contributed by atoms with Gasteiger partial charge < -0.3 is 14.9 Å². The molecular formula is C13H18O3. The van der Waals surface area contributed by atoms with Crippen molar-refractivity contribution in [3.05, 3.63) is 48.6 Å². The molecule has 1 aromatic rings. The van der Waals surface area contributed by atoms with Crippen molar-refractivity contribution in [1.29, 1.82) is 0 Å². The molecular weight excluding hydrogens is 204 g/mol. The van der Waals surface area contributed by atoms with Crippen LogP contribution in [0.5, 0.6) is 0 Å². The zero-order valence-electron chi connectivity index (χ0n) is 9.25. The Labute approximate surface area is 96.0 Å². The van der Waals surface area contributed by atoms with E-state index in [0.29, 0.717) is 13.0 Å². The van der Waals surface area contributed by atoms with Gasteiger partial charge in [0.25, 0.3) is 0 Å². The summed E-state index contributed by atoms with van der Waals surface area (Å²) in [6.45, 7) is 3.73. The minimum absolute atomic E-state index is 0.298. The quantitative estimate of drug-likeness (QED) is 0.687. The highest BCUT2D eigenvalue weighted by Crippen LogP contribution is 2.09. The Balaban J connectivity index is 2.46. The number of hydrogen-bond acceptors (Lipinski definition) is 3. The van der Waals surface area contributed by atoms with Crippen molar-refractivity contribution < 1.29 is 14.9 Å². The normalized spacial score (nSPS) is 14.4. The molecule has 3 heteroatoms. The molecule has 88 valence electrons. The first-order chi connectivity index (χ1) is 7.77. The van der Waals surface area contributed by atoms with Crippen LogP contribution in [0.4, 0.5) is 0 Å². The van der Waals surface area contributed by atoms with Crippen LogP contribution >= 0.6 is 0 Å². The van der Waals surface area contributed by atoms with E-state index in [0.717, 1.165) is 5.56 Å². The van der Waals surface area contributed by atoms with Gasteiger partial charge in [0.1, 0.15) is 6.10 Å². The van der Waals surface area contributed by atoms with E-state index in [4.69, 9.17) is 9.84 Å². The average Bonchev–Trinajstić information content (AvgIpc) is 2.34. The van der Waals surface area contributed by atoms with Crippen LogP contribution in [0, 0.1) is 0 Å². The first-order valence-corrected chi connectivity index (χ1v) is 5.33. The second-order valence-electron chi connectivity index (χ2n) is 3.61. The first-order valence-electron chi connectivity index (χ1n) is 5.33. The number of hydrogen-bond donors (Lipinski definition) is 2. The maximum absolute atomic E-state index is 9.50. The van der Waals surface area contributed by atoms with E-state index in [-0.39, 0.29) is 6.61 Å². The number of ether oxygens (including phenoxy) is 1. The third-order valence-electron chi connectivity index (χ3n) is 2.32. The number of benzene rings is 1. The lowest BCUT2D eigenvalue weighted by atomic mass is 10.1. The molecule has 0 aromatic heterocycles. The highest BCUT2D eigenvalue weighted by atomic mass is 16.5. The zero-order valence-corrected chi connectivity index (χ0v) is 9.25. The van der Waals surface area contributed by atoms with Crippen molar-refractivity contribution in [2.75, 3.05) is 6.61 Å². The van der Waals surface area contributed by atoms with Crippen LogP contribution in [0.2, 0.25) is 0 Å². The number of rotatable bonds is 7. The van der Waals surface area contributed by atoms with Gasteiger partial charge in [-0.1, -0.05) is 36.4 Å². The molecule has 3 nitrogen and oxygen atoms in total. The minimum atomic E-state index is -0.860. The molecule has 16 heavy (non-hydrogen) atoms. The summed E-state index contributed by atoms with van der Waals surface area (Å²) in [4.78, 5) is 0. The van der Waals surface area contributed by atoms with Gasteiger partial charge >= 0.3 is 0 Å².